The van der Waals surface area contributed by atoms with Crippen LogP contribution >= 0.6 is 0 Å². The second-order valence-electron chi connectivity index (χ2n) is 6.02. The molecular weight excluding hydrogens is 412 g/mol. The summed E-state index contributed by atoms with van der Waals surface area (Å²) in [4.78, 5) is 31.1. The lowest BCUT2D eigenvalue weighted by Crippen LogP contribution is -2.16. The second kappa shape index (κ2) is 8.57. The molecule has 0 fully saturated rings. The molecule has 0 bridgehead atoms. The Bertz CT molecular complexity index is 1200. The van der Waals surface area contributed by atoms with Gasteiger partial charge in [-0.15, -0.1) is 0 Å². The van der Waals surface area contributed by atoms with Gasteiger partial charge in [0.15, 0.2) is 0 Å². The van der Waals surface area contributed by atoms with Gasteiger partial charge in [0.05, 0.1) is 0 Å². The molecule has 1 aromatic heterocycles. The highest BCUT2D eigenvalue weighted by Gasteiger charge is 2.21. The zero-order valence-electron chi connectivity index (χ0n) is 15.6. The fourth-order valence-corrected chi connectivity index (χ4v) is 2.85. The molecule has 154 valence electrons. The molecule has 0 aliphatic rings. The van der Waals surface area contributed by atoms with E-state index in [9.17, 15) is 18.0 Å². The number of benzene rings is 2. The average Bonchev–Trinajstić information content (AvgIpc) is 2.68. The van der Waals surface area contributed by atoms with Gasteiger partial charge in [-0.1, -0.05) is 24.3 Å². The SMILES string of the molecule is CS(=O)(=O)c1ncc(C(=O)Nc2ccccc2)c(Oc2cccc(NC(=O)O)c2)n1. The lowest BCUT2D eigenvalue weighted by molar-refractivity contribution is 0.102. The Balaban J connectivity index is 1.98. The van der Waals surface area contributed by atoms with Crippen LogP contribution in [0.5, 0.6) is 11.6 Å². The number of carboxylic acid groups (broad SMARTS) is 1. The van der Waals surface area contributed by atoms with Crippen LogP contribution < -0.4 is 15.4 Å². The molecule has 2 amide bonds. The Morgan fingerprint density at radius 2 is 1.70 bits per heavy atom. The van der Waals surface area contributed by atoms with Gasteiger partial charge in [0.1, 0.15) is 11.3 Å². The average molecular weight is 428 g/mol. The Hall–Kier alpha value is -3.99. The minimum Gasteiger partial charge on any atom is -0.465 e. The molecule has 3 aromatic rings. The van der Waals surface area contributed by atoms with E-state index in [4.69, 9.17) is 9.84 Å². The molecule has 30 heavy (non-hydrogen) atoms. The molecule has 0 unspecified atom stereocenters. The normalized spacial score (nSPS) is 10.8. The van der Waals surface area contributed by atoms with Crippen LogP contribution in [0.1, 0.15) is 10.4 Å². The summed E-state index contributed by atoms with van der Waals surface area (Å²) < 4.78 is 29.3. The Labute approximate surface area is 171 Å². The van der Waals surface area contributed by atoms with E-state index in [0.717, 1.165) is 12.5 Å². The van der Waals surface area contributed by atoms with Crippen molar-refractivity contribution >= 4 is 33.2 Å². The van der Waals surface area contributed by atoms with E-state index in [1.807, 2.05) is 0 Å². The quantitative estimate of drug-likeness (QED) is 0.508. The standard InChI is InChI=1S/C19H16N4O6S/c1-30(27,28)18-20-11-15(16(24)21-12-6-3-2-4-7-12)17(23-18)29-14-9-5-8-13(10-14)22-19(25)26/h2-11,22H,1H3,(H,21,24)(H,25,26). The number of anilines is 2. The number of amides is 2. The fourth-order valence-electron chi connectivity index (χ4n) is 2.36. The summed E-state index contributed by atoms with van der Waals surface area (Å²) >= 11 is 0. The van der Waals surface area contributed by atoms with Gasteiger partial charge >= 0.3 is 6.09 Å². The van der Waals surface area contributed by atoms with Crippen LogP contribution in [0.25, 0.3) is 0 Å². The van der Waals surface area contributed by atoms with Crippen LogP contribution in [0.3, 0.4) is 0 Å². The van der Waals surface area contributed by atoms with E-state index in [0.29, 0.717) is 5.69 Å². The molecule has 2 aromatic carbocycles. The van der Waals surface area contributed by atoms with Gasteiger partial charge in [-0.3, -0.25) is 10.1 Å². The van der Waals surface area contributed by atoms with Crippen molar-refractivity contribution in [2.75, 3.05) is 16.9 Å². The minimum absolute atomic E-state index is 0.108. The predicted octanol–water partition coefficient (Wildman–Crippen LogP) is 3.01. The van der Waals surface area contributed by atoms with Gasteiger partial charge in [-0.25, -0.2) is 18.2 Å². The highest BCUT2D eigenvalue weighted by atomic mass is 32.2. The third kappa shape index (κ3) is 5.29. The van der Waals surface area contributed by atoms with Crippen molar-refractivity contribution in [1.29, 1.82) is 0 Å². The van der Waals surface area contributed by atoms with Crippen molar-refractivity contribution in [3.63, 3.8) is 0 Å². The van der Waals surface area contributed by atoms with Crippen molar-refractivity contribution in [2.24, 2.45) is 0 Å². The zero-order chi connectivity index (χ0) is 21.7. The van der Waals surface area contributed by atoms with E-state index in [2.05, 4.69) is 20.6 Å². The molecule has 10 nitrogen and oxygen atoms in total. The number of hydrogen-bond acceptors (Lipinski definition) is 7. The summed E-state index contributed by atoms with van der Waals surface area (Å²) in [5.41, 5.74) is 0.615. The molecular formula is C19H16N4O6S. The molecule has 0 saturated carbocycles. The summed E-state index contributed by atoms with van der Waals surface area (Å²) in [5.74, 6) is -0.782. The third-order valence-corrected chi connectivity index (χ3v) is 4.50. The van der Waals surface area contributed by atoms with Gasteiger partial charge in [0, 0.05) is 29.9 Å². The van der Waals surface area contributed by atoms with Crippen LogP contribution in [0, 0.1) is 0 Å². The topological polar surface area (TPSA) is 148 Å². The summed E-state index contributed by atoms with van der Waals surface area (Å²) in [5, 5.41) is 13.1. The Morgan fingerprint density at radius 1 is 1.00 bits per heavy atom. The maximum absolute atomic E-state index is 12.7. The first-order chi connectivity index (χ1) is 14.2. The Kier molecular flexibility index (Phi) is 5.93. The van der Waals surface area contributed by atoms with Gasteiger partial charge in [-0.2, -0.15) is 4.98 Å². The number of para-hydroxylation sites is 1. The largest absolute Gasteiger partial charge is 0.465 e. The fraction of sp³-hybridized carbons (Fsp3) is 0.0526. The first kappa shape index (κ1) is 20.7. The molecule has 0 saturated heterocycles. The molecule has 0 spiro atoms. The zero-order valence-corrected chi connectivity index (χ0v) is 16.4. The molecule has 3 N–H and O–H groups in total. The number of ether oxygens (including phenoxy) is 1. The number of aromatic nitrogens is 2. The Morgan fingerprint density at radius 3 is 2.37 bits per heavy atom. The number of carbonyl (C=O) groups is 2. The number of sulfone groups is 1. The lowest BCUT2D eigenvalue weighted by Gasteiger charge is -2.12. The van der Waals surface area contributed by atoms with E-state index < -0.39 is 27.0 Å². The summed E-state index contributed by atoms with van der Waals surface area (Å²) in [6.45, 7) is 0. The molecule has 3 rings (SSSR count). The molecule has 0 aliphatic carbocycles. The van der Waals surface area contributed by atoms with Crippen LogP contribution in [-0.2, 0) is 9.84 Å². The molecule has 11 heteroatoms. The van der Waals surface area contributed by atoms with Crippen molar-refractivity contribution in [1.82, 2.24) is 9.97 Å². The van der Waals surface area contributed by atoms with Crippen LogP contribution in [0.15, 0.2) is 66.0 Å². The number of rotatable bonds is 6. The number of hydrogen-bond donors (Lipinski definition) is 3. The van der Waals surface area contributed by atoms with E-state index in [-0.39, 0.29) is 22.9 Å². The third-order valence-electron chi connectivity index (χ3n) is 3.64. The smallest absolute Gasteiger partial charge is 0.409 e. The van der Waals surface area contributed by atoms with Gasteiger partial charge in [-0.05, 0) is 24.3 Å². The highest BCUT2D eigenvalue weighted by Crippen LogP contribution is 2.27. The number of nitrogens with one attached hydrogen (secondary N) is 2. The summed E-state index contributed by atoms with van der Waals surface area (Å²) in [6.07, 6.45) is 0.709. The van der Waals surface area contributed by atoms with Crippen molar-refractivity contribution < 1.29 is 27.9 Å². The molecule has 0 atom stereocenters. The lowest BCUT2D eigenvalue weighted by atomic mass is 10.2. The first-order valence-corrected chi connectivity index (χ1v) is 10.3. The molecule has 0 aliphatic heterocycles. The minimum atomic E-state index is -3.77. The second-order valence-corrected chi connectivity index (χ2v) is 7.93. The highest BCUT2D eigenvalue weighted by molar-refractivity contribution is 7.90. The van der Waals surface area contributed by atoms with E-state index in [1.54, 1.807) is 30.3 Å². The maximum Gasteiger partial charge on any atom is 0.409 e. The van der Waals surface area contributed by atoms with Crippen LogP contribution in [-0.4, -0.2) is 41.7 Å². The monoisotopic (exact) mass is 428 g/mol. The summed E-state index contributed by atoms with van der Waals surface area (Å²) in [6, 6.07) is 14.5. The van der Waals surface area contributed by atoms with Gasteiger partial charge in [0.25, 0.3) is 5.91 Å². The van der Waals surface area contributed by atoms with Crippen molar-refractivity contribution in [3.8, 4) is 11.6 Å². The van der Waals surface area contributed by atoms with Crippen molar-refractivity contribution in [3.05, 3.63) is 66.4 Å². The number of nitrogens with zero attached hydrogens (tertiary/aromatic N) is 2. The van der Waals surface area contributed by atoms with E-state index >= 15 is 0 Å². The predicted molar refractivity (Wildman–Crippen MR) is 108 cm³/mol. The molecule has 0 radical (unpaired) electrons. The first-order valence-electron chi connectivity index (χ1n) is 8.44. The van der Waals surface area contributed by atoms with Gasteiger partial charge in [0.2, 0.25) is 20.9 Å². The maximum atomic E-state index is 12.7. The molecule has 1 heterocycles. The van der Waals surface area contributed by atoms with Gasteiger partial charge < -0.3 is 15.2 Å². The van der Waals surface area contributed by atoms with Crippen molar-refractivity contribution in [2.45, 2.75) is 5.16 Å². The van der Waals surface area contributed by atoms with Crippen LogP contribution in [0.4, 0.5) is 16.2 Å². The number of carbonyl (C=O) groups excluding carboxylic acids is 1. The summed E-state index contributed by atoms with van der Waals surface area (Å²) in [7, 11) is -3.77. The van der Waals surface area contributed by atoms with E-state index in [1.165, 1.54) is 24.3 Å². The van der Waals surface area contributed by atoms with Crippen LogP contribution in [0.2, 0.25) is 0 Å².